The number of carbonyl (C=O) groups excluding carboxylic acids is 1. The molecule has 0 aliphatic carbocycles. The fourth-order valence-corrected chi connectivity index (χ4v) is 3.62. The molecule has 1 aromatic carbocycles. The first kappa shape index (κ1) is 18.9. The lowest BCUT2D eigenvalue weighted by atomic mass is 9.95. The first-order valence-electron chi connectivity index (χ1n) is 9.08. The van der Waals surface area contributed by atoms with Gasteiger partial charge in [-0.05, 0) is 31.9 Å². The first-order valence-corrected chi connectivity index (χ1v) is 9.89. The summed E-state index contributed by atoms with van der Waals surface area (Å²) in [5.74, 6) is 0.00991. The number of rotatable bonds is 5. The summed E-state index contributed by atoms with van der Waals surface area (Å²) in [6.07, 6.45) is 2.56. The third kappa shape index (κ3) is 4.62. The maximum Gasteiger partial charge on any atom is 0.229 e. The molecule has 1 amide bonds. The van der Waals surface area contributed by atoms with Crippen LogP contribution in [0.1, 0.15) is 38.5 Å². The Morgan fingerprint density at radius 3 is 2.65 bits per heavy atom. The Bertz CT molecular complexity index is 756. The quantitative estimate of drug-likeness (QED) is 0.798. The molecule has 6 heteroatoms. The summed E-state index contributed by atoms with van der Waals surface area (Å²) < 4.78 is 5.64. The van der Waals surface area contributed by atoms with Crippen LogP contribution < -0.4 is 10.6 Å². The number of thiazole rings is 1. The number of hydrogen-bond acceptors (Lipinski definition) is 5. The number of benzene rings is 1. The Labute approximate surface area is 159 Å². The molecule has 0 saturated carbocycles. The molecule has 1 saturated heterocycles. The molecule has 0 radical (unpaired) electrons. The van der Waals surface area contributed by atoms with Crippen LogP contribution in [0.25, 0.3) is 11.3 Å². The van der Waals surface area contributed by atoms with Crippen LogP contribution in [0, 0.1) is 12.3 Å². The summed E-state index contributed by atoms with van der Waals surface area (Å²) in [5.41, 5.74) is 2.43. The highest BCUT2D eigenvalue weighted by atomic mass is 32.1. The van der Waals surface area contributed by atoms with Crippen molar-refractivity contribution in [1.82, 2.24) is 4.98 Å². The molecule has 1 fully saturated rings. The van der Waals surface area contributed by atoms with Crippen molar-refractivity contribution in [3.05, 3.63) is 29.1 Å². The van der Waals surface area contributed by atoms with Gasteiger partial charge in [0.2, 0.25) is 5.91 Å². The molecule has 3 rings (SSSR count). The topological polar surface area (TPSA) is 63.2 Å². The lowest BCUT2D eigenvalue weighted by Crippen LogP contribution is -2.27. The van der Waals surface area contributed by atoms with E-state index in [4.69, 9.17) is 9.72 Å². The molecule has 1 aromatic heterocycles. The van der Waals surface area contributed by atoms with Crippen LogP contribution in [-0.2, 0) is 9.53 Å². The van der Waals surface area contributed by atoms with Gasteiger partial charge in [-0.1, -0.05) is 32.9 Å². The molecule has 0 spiro atoms. The zero-order valence-corrected chi connectivity index (χ0v) is 16.7. The van der Waals surface area contributed by atoms with E-state index >= 15 is 0 Å². The normalized spacial score (nSPS) is 17.3. The monoisotopic (exact) mass is 373 g/mol. The van der Waals surface area contributed by atoms with Gasteiger partial charge in [0.25, 0.3) is 0 Å². The van der Waals surface area contributed by atoms with Gasteiger partial charge in [-0.15, -0.1) is 11.3 Å². The summed E-state index contributed by atoms with van der Waals surface area (Å²) in [5, 5.41) is 7.27. The van der Waals surface area contributed by atoms with E-state index in [1.807, 2.05) is 45.0 Å². The van der Waals surface area contributed by atoms with E-state index in [1.54, 1.807) is 11.3 Å². The van der Waals surface area contributed by atoms with E-state index < -0.39 is 5.41 Å². The lowest BCUT2D eigenvalue weighted by molar-refractivity contribution is -0.123. The summed E-state index contributed by atoms with van der Waals surface area (Å²) in [4.78, 5) is 18.0. The fraction of sp³-hybridized carbons (Fsp3) is 0.500. The molecular formula is C20H27N3O2S. The van der Waals surface area contributed by atoms with Crippen molar-refractivity contribution < 1.29 is 9.53 Å². The molecule has 26 heavy (non-hydrogen) atoms. The van der Waals surface area contributed by atoms with Gasteiger partial charge in [0.1, 0.15) is 0 Å². The number of nitrogens with one attached hydrogen (secondary N) is 2. The molecule has 2 N–H and O–H groups in total. The second-order valence-corrected chi connectivity index (χ2v) is 8.92. The van der Waals surface area contributed by atoms with Crippen molar-refractivity contribution in [2.24, 2.45) is 5.41 Å². The van der Waals surface area contributed by atoms with Crippen LogP contribution in [0.3, 0.4) is 0 Å². The average molecular weight is 374 g/mol. The summed E-state index contributed by atoms with van der Waals surface area (Å²) in [7, 11) is 0. The van der Waals surface area contributed by atoms with Gasteiger partial charge in [0, 0.05) is 34.7 Å². The minimum absolute atomic E-state index is 0.00991. The highest BCUT2D eigenvalue weighted by Crippen LogP contribution is 2.31. The predicted octanol–water partition coefficient (Wildman–Crippen LogP) is 4.69. The Morgan fingerprint density at radius 2 is 2.04 bits per heavy atom. The number of ether oxygens (including phenoxy) is 1. The Morgan fingerprint density at radius 1 is 1.31 bits per heavy atom. The molecule has 2 aromatic rings. The van der Waals surface area contributed by atoms with Gasteiger partial charge in [0.15, 0.2) is 5.13 Å². The lowest BCUT2D eigenvalue weighted by Gasteiger charge is -2.17. The predicted molar refractivity (Wildman–Crippen MR) is 108 cm³/mol. The fourth-order valence-electron chi connectivity index (χ4n) is 2.78. The van der Waals surface area contributed by atoms with E-state index in [9.17, 15) is 4.79 Å². The van der Waals surface area contributed by atoms with E-state index in [1.165, 1.54) is 4.88 Å². The second-order valence-electron chi connectivity index (χ2n) is 7.72. The third-order valence-corrected chi connectivity index (χ3v) is 5.33. The van der Waals surface area contributed by atoms with Crippen molar-refractivity contribution >= 4 is 28.1 Å². The van der Waals surface area contributed by atoms with Gasteiger partial charge in [-0.2, -0.15) is 0 Å². The Balaban J connectivity index is 1.66. The Kier molecular flexibility index (Phi) is 5.63. The van der Waals surface area contributed by atoms with Crippen LogP contribution in [-0.4, -0.2) is 30.1 Å². The highest BCUT2D eigenvalue weighted by molar-refractivity contribution is 7.16. The van der Waals surface area contributed by atoms with Crippen molar-refractivity contribution in [2.45, 2.75) is 46.6 Å². The molecule has 5 nitrogen and oxygen atoms in total. The summed E-state index contributed by atoms with van der Waals surface area (Å²) in [6.45, 7) is 9.47. The number of carbonyl (C=O) groups is 1. The molecule has 1 unspecified atom stereocenters. The van der Waals surface area contributed by atoms with Gasteiger partial charge < -0.3 is 15.4 Å². The van der Waals surface area contributed by atoms with Crippen LogP contribution in [0.2, 0.25) is 0 Å². The molecule has 1 atom stereocenters. The van der Waals surface area contributed by atoms with Crippen LogP contribution in [0.4, 0.5) is 10.8 Å². The average Bonchev–Trinajstić information content (AvgIpc) is 3.22. The number of aromatic nitrogens is 1. The number of anilines is 2. The van der Waals surface area contributed by atoms with E-state index in [2.05, 4.69) is 17.6 Å². The standard InChI is InChI=1S/C20H27N3O2S/c1-13-17(23-19(26-13)21-12-16-6-5-11-25-16)14-7-9-15(10-8-14)22-18(24)20(2,3)4/h7-10,16H,5-6,11-12H2,1-4H3,(H,21,23)(H,22,24). The maximum atomic E-state index is 12.1. The summed E-state index contributed by atoms with van der Waals surface area (Å²) >= 11 is 1.66. The zero-order chi connectivity index (χ0) is 18.7. The molecule has 0 bridgehead atoms. The molecular weight excluding hydrogens is 346 g/mol. The van der Waals surface area contributed by atoms with E-state index in [0.29, 0.717) is 6.10 Å². The number of nitrogens with zero attached hydrogens (tertiary/aromatic N) is 1. The molecule has 2 heterocycles. The van der Waals surface area contributed by atoms with Gasteiger partial charge in [-0.3, -0.25) is 4.79 Å². The molecule has 1 aliphatic heterocycles. The smallest absolute Gasteiger partial charge is 0.229 e. The number of amides is 1. The van der Waals surface area contributed by atoms with E-state index in [0.717, 1.165) is 48.1 Å². The van der Waals surface area contributed by atoms with Crippen LogP contribution >= 0.6 is 11.3 Å². The maximum absolute atomic E-state index is 12.1. The van der Waals surface area contributed by atoms with Crippen molar-refractivity contribution in [1.29, 1.82) is 0 Å². The van der Waals surface area contributed by atoms with Crippen LogP contribution in [0.15, 0.2) is 24.3 Å². The zero-order valence-electron chi connectivity index (χ0n) is 15.9. The van der Waals surface area contributed by atoms with Gasteiger partial charge in [0.05, 0.1) is 11.8 Å². The molecule has 1 aliphatic rings. The largest absolute Gasteiger partial charge is 0.376 e. The van der Waals surface area contributed by atoms with Gasteiger partial charge >= 0.3 is 0 Å². The minimum Gasteiger partial charge on any atom is -0.376 e. The van der Waals surface area contributed by atoms with E-state index in [-0.39, 0.29) is 5.91 Å². The first-order chi connectivity index (χ1) is 12.3. The van der Waals surface area contributed by atoms with Crippen molar-refractivity contribution in [2.75, 3.05) is 23.8 Å². The Hall–Kier alpha value is -1.92. The third-order valence-electron chi connectivity index (χ3n) is 4.40. The van der Waals surface area contributed by atoms with Gasteiger partial charge in [-0.25, -0.2) is 4.98 Å². The minimum atomic E-state index is -0.409. The molecule has 140 valence electrons. The second kappa shape index (κ2) is 7.76. The van der Waals surface area contributed by atoms with Crippen LogP contribution in [0.5, 0.6) is 0 Å². The SMILES string of the molecule is Cc1sc(NCC2CCCO2)nc1-c1ccc(NC(=O)C(C)(C)C)cc1. The highest BCUT2D eigenvalue weighted by Gasteiger charge is 2.21. The van der Waals surface area contributed by atoms with Crippen molar-refractivity contribution in [3.63, 3.8) is 0 Å². The summed E-state index contributed by atoms with van der Waals surface area (Å²) in [6, 6.07) is 7.86. The van der Waals surface area contributed by atoms with Crippen molar-refractivity contribution in [3.8, 4) is 11.3 Å². The number of aryl methyl sites for hydroxylation is 1. The number of hydrogen-bond donors (Lipinski definition) is 2.